The third kappa shape index (κ3) is 3.61. The van der Waals surface area contributed by atoms with Crippen molar-refractivity contribution in [1.82, 2.24) is 0 Å². The molecule has 0 bridgehead atoms. The number of hydrogen-bond donors (Lipinski definition) is 2. The van der Waals surface area contributed by atoms with Gasteiger partial charge in [-0.25, -0.2) is 0 Å². The molecule has 0 saturated carbocycles. The van der Waals surface area contributed by atoms with E-state index in [2.05, 4.69) is 19.2 Å². The lowest BCUT2D eigenvalue weighted by Crippen LogP contribution is -2.26. The standard InChI is InChI=1S/C14H20N2O2.ClH/c1-9(8-15)13(17)16-11-4-5-12-10(6-11)7-14(2,3)18-12;/h4-6,9H,7-8,15H2,1-3H3,(H,16,17);1H. The zero-order chi connectivity index (χ0) is 13.3. The van der Waals surface area contributed by atoms with Crippen LogP contribution in [0.5, 0.6) is 5.75 Å². The van der Waals surface area contributed by atoms with Gasteiger partial charge in [-0.05, 0) is 32.0 Å². The molecule has 1 aromatic rings. The lowest BCUT2D eigenvalue weighted by atomic mass is 10.0. The van der Waals surface area contributed by atoms with Crippen molar-refractivity contribution in [3.8, 4) is 5.75 Å². The molecule has 0 fully saturated rings. The molecule has 1 aliphatic heterocycles. The molecule has 0 aliphatic carbocycles. The van der Waals surface area contributed by atoms with Gasteiger partial charge in [0.25, 0.3) is 0 Å². The maximum absolute atomic E-state index is 11.7. The Morgan fingerprint density at radius 3 is 2.84 bits per heavy atom. The Bertz CT molecular complexity index is 475. The van der Waals surface area contributed by atoms with E-state index < -0.39 is 0 Å². The van der Waals surface area contributed by atoms with E-state index in [0.29, 0.717) is 6.54 Å². The van der Waals surface area contributed by atoms with E-state index in [4.69, 9.17) is 10.5 Å². The maximum atomic E-state index is 11.7. The summed E-state index contributed by atoms with van der Waals surface area (Å²) in [4.78, 5) is 11.7. The Morgan fingerprint density at radius 2 is 2.21 bits per heavy atom. The average Bonchev–Trinajstić information content (AvgIpc) is 2.61. The average molecular weight is 285 g/mol. The molecule has 0 saturated heterocycles. The van der Waals surface area contributed by atoms with Crippen molar-refractivity contribution in [2.45, 2.75) is 32.8 Å². The second kappa shape index (κ2) is 5.80. The van der Waals surface area contributed by atoms with Gasteiger partial charge in [-0.15, -0.1) is 12.4 Å². The number of nitrogens with two attached hydrogens (primary N) is 1. The first-order chi connectivity index (χ1) is 8.41. The number of ether oxygens (including phenoxy) is 1. The van der Waals surface area contributed by atoms with E-state index in [9.17, 15) is 4.79 Å². The van der Waals surface area contributed by atoms with Crippen LogP contribution < -0.4 is 15.8 Å². The molecule has 0 aromatic heterocycles. The highest BCUT2D eigenvalue weighted by atomic mass is 35.5. The van der Waals surface area contributed by atoms with Gasteiger partial charge in [0.15, 0.2) is 0 Å². The van der Waals surface area contributed by atoms with Crippen LogP contribution in [0, 0.1) is 5.92 Å². The number of rotatable bonds is 3. The van der Waals surface area contributed by atoms with Gasteiger partial charge in [0.2, 0.25) is 5.91 Å². The molecule has 0 radical (unpaired) electrons. The molecular weight excluding hydrogens is 264 g/mol. The monoisotopic (exact) mass is 284 g/mol. The van der Waals surface area contributed by atoms with Gasteiger partial charge >= 0.3 is 0 Å². The number of amides is 1. The number of benzene rings is 1. The zero-order valence-corrected chi connectivity index (χ0v) is 12.3. The Labute approximate surface area is 120 Å². The van der Waals surface area contributed by atoms with Crippen LogP contribution in [0.2, 0.25) is 0 Å². The largest absolute Gasteiger partial charge is 0.487 e. The quantitative estimate of drug-likeness (QED) is 0.895. The van der Waals surface area contributed by atoms with Gasteiger partial charge < -0.3 is 15.8 Å². The van der Waals surface area contributed by atoms with Crippen LogP contribution in [0.1, 0.15) is 26.3 Å². The van der Waals surface area contributed by atoms with Crippen LogP contribution in [0.4, 0.5) is 5.69 Å². The van der Waals surface area contributed by atoms with Gasteiger partial charge in [-0.2, -0.15) is 0 Å². The summed E-state index contributed by atoms with van der Waals surface area (Å²) in [6.07, 6.45) is 0.860. The van der Waals surface area contributed by atoms with Crippen molar-refractivity contribution < 1.29 is 9.53 Å². The number of fused-ring (bicyclic) bond motifs is 1. The summed E-state index contributed by atoms with van der Waals surface area (Å²) in [5.74, 6) is 0.687. The van der Waals surface area contributed by atoms with Crippen LogP contribution in [0.15, 0.2) is 18.2 Å². The number of anilines is 1. The number of carbonyl (C=O) groups is 1. The first kappa shape index (κ1) is 15.8. The van der Waals surface area contributed by atoms with Gasteiger partial charge in [0, 0.05) is 30.1 Å². The van der Waals surface area contributed by atoms with E-state index in [0.717, 1.165) is 23.4 Å². The predicted octanol–water partition coefficient (Wildman–Crippen LogP) is 2.36. The molecule has 4 nitrogen and oxygen atoms in total. The van der Waals surface area contributed by atoms with Gasteiger partial charge in [0.05, 0.1) is 0 Å². The van der Waals surface area contributed by atoms with Gasteiger partial charge in [-0.3, -0.25) is 4.79 Å². The smallest absolute Gasteiger partial charge is 0.228 e. The highest BCUT2D eigenvalue weighted by molar-refractivity contribution is 5.92. The third-order valence-corrected chi connectivity index (χ3v) is 3.13. The Balaban J connectivity index is 0.00000180. The summed E-state index contributed by atoms with van der Waals surface area (Å²) in [5.41, 5.74) is 7.26. The summed E-state index contributed by atoms with van der Waals surface area (Å²) < 4.78 is 5.79. The summed E-state index contributed by atoms with van der Waals surface area (Å²) in [7, 11) is 0. The van der Waals surface area contributed by atoms with Gasteiger partial charge in [0.1, 0.15) is 11.4 Å². The van der Waals surface area contributed by atoms with E-state index in [-0.39, 0.29) is 29.8 Å². The second-order valence-electron chi connectivity index (χ2n) is 5.49. The minimum absolute atomic E-state index is 0. The molecule has 106 valence electrons. The molecule has 1 unspecified atom stereocenters. The molecule has 1 amide bonds. The van der Waals surface area contributed by atoms with E-state index in [1.54, 1.807) is 0 Å². The van der Waals surface area contributed by atoms with E-state index in [1.165, 1.54) is 0 Å². The van der Waals surface area contributed by atoms with Crippen molar-refractivity contribution >= 4 is 24.0 Å². The molecular formula is C14H21ClN2O2. The predicted molar refractivity (Wildman–Crippen MR) is 78.9 cm³/mol. The fourth-order valence-corrected chi connectivity index (χ4v) is 2.06. The van der Waals surface area contributed by atoms with E-state index >= 15 is 0 Å². The molecule has 1 aromatic carbocycles. The van der Waals surface area contributed by atoms with Crippen molar-refractivity contribution in [3.05, 3.63) is 23.8 Å². The fourth-order valence-electron chi connectivity index (χ4n) is 2.06. The molecule has 3 N–H and O–H groups in total. The molecule has 1 heterocycles. The topological polar surface area (TPSA) is 64.4 Å². The third-order valence-electron chi connectivity index (χ3n) is 3.13. The van der Waals surface area contributed by atoms with Crippen LogP contribution in [0.25, 0.3) is 0 Å². The number of halogens is 1. The molecule has 0 spiro atoms. The van der Waals surface area contributed by atoms with Crippen molar-refractivity contribution in [1.29, 1.82) is 0 Å². The Hall–Kier alpha value is -1.26. The van der Waals surface area contributed by atoms with Gasteiger partial charge in [-0.1, -0.05) is 6.92 Å². The zero-order valence-electron chi connectivity index (χ0n) is 11.5. The lowest BCUT2D eigenvalue weighted by Gasteiger charge is -2.16. The summed E-state index contributed by atoms with van der Waals surface area (Å²) in [6, 6.07) is 5.75. The second-order valence-corrected chi connectivity index (χ2v) is 5.49. The molecule has 5 heteroatoms. The summed E-state index contributed by atoms with van der Waals surface area (Å²) >= 11 is 0. The van der Waals surface area contributed by atoms with Crippen molar-refractivity contribution in [2.24, 2.45) is 11.7 Å². The van der Waals surface area contributed by atoms with Crippen molar-refractivity contribution in [3.63, 3.8) is 0 Å². The highest BCUT2D eigenvalue weighted by Gasteiger charge is 2.30. The van der Waals surface area contributed by atoms with Crippen LogP contribution in [-0.4, -0.2) is 18.1 Å². The maximum Gasteiger partial charge on any atom is 0.228 e. The molecule has 19 heavy (non-hydrogen) atoms. The Kier molecular flexibility index (Phi) is 4.82. The molecule has 1 aliphatic rings. The fraction of sp³-hybridized carbons (Fsp3) is 0.500. The van der Waals surface area contributed by atoms with Crippen LogP contribution >= 0.6 is 12.4 Å². The first-order valence-electron chi connectivity index (χ1n) is 6.24. The minimum Gasteiger partial charge on any atom is -0.487 e. The summed E-state index contributed by atoms with van der Waals surface area (Å²) in [5, 5.41) is 2.88. The normalized spacial score (nSPS) is 16.8. The summed E-state index contributed by atoms with van der Waals surface area (Å²) in [6.45, 7) is 6.28. The Morgan fingerprint density at radius 1 is 1.53 bits per heavy atom. The lowest BCUT2D eigenvalue weighted by molar-refractivity contribution is -0.119. The number of hydrogen-bond acceptors (Lipinski definition) is 3. The van der Waals surface area contributed by atoms with Crippen LogP contribution in [-0.2, 0) is 11.2 Å². The number of nitrogens with one attached hydrogen (secondary N) is 1. The number of carbonyl (C=O) groups excluding carboxylic acids is 1. The first-order valence-corrected chi connectivity index (χ1v) is 6.24. The molecule has 1 atom stereocenters. The van der Waals surface area contributed by atoms with Crippen LogP contribution in [0.3, 0.4) is 0 Å². The SMILES string of the molecule is CC(CN)C(=O)Nc1ccc2c(c1)CC(C)(C)O2.Cl. The van der Waals surface area contributed by atoms with Crippen molar-refractivity contribution in [2.75, 3.05) is 11.9 Å². The molecule has 2 rings (SSSR count). The van der Waals surface area contributed by atoms with E-state index in [1.807, 2.05) is 25.1 Å². The highest BCUT2D eigenvalue weighted by Crippen LogP contribution is 2.36. The minimum atomic E-state index is -0.175.